The maximum atomic E-state index is 11.8. The highest BCUT2D eigenvalue weighted by atomic mass is 16.6. The molecule has 0 spiro atoms. The molecular formula is C12H15NO2. The zero-order chi connectivity index (χ0) is 10.9. The van der Waals surface area contributed by atoms with Crippen molar-refractivity contribution >= 4 is 5.97 Å². The van der Waals surface area contributed by atoms with Crippen LogP contribution >= 0.6 is 0 Å². The third kappa shape index (κ3) is 2.02. The SMILES string of the molecule is CNC1(OC(=O)c2ccccc2C)CC1. The van der Waals surface area contributed by atoms with Gasteiger partial charge in [0.2, 0.25) is 0 Å². The molecule has 80 valence electrons. The van der Waals surface area contributed by atoms with Gasteiger partial charge in [0, 0.05) is 12.8 Å². The lowest BCUT2D eigenvalue weighted by Crippen LogP contribution is -2.33. The van der Waals surface area contributed by atoms with Gasteiger partial charge in [-0.15, -0.1) is 0 Å². The molecule has 1 aliphatic rings. The lowest BCUT2D eigenvalue weighted by atomic mass is 10.1. The molecule has 2 rings (SSSR count). The van der Waals surface area contributed by atoms with Crippen molar-refractivity contribution in [3.8, 4) is 0 Å². The second-order valence-electron chi connectivity index (χ2n) is 3.95. The van der Waals surface area contributed by atoms with Crippen molar-refractivity contribution in [2.24, 2.45) is 0 Å². The maximum Gasteiger partial charge on any atom is 0.340 e. The van der Waals surface area contributed by atoms with Crippen molar-refractivity contribution in [1.29, 1.82) is 0 Å². The van der Waals surface area contributed by atoms with Crippen molar-refractivity contribution in [3.63, 3.8) is 0 Å². The molecule has 1 fully saturated rings. The van der Waals surface area contributed by atoms with Gasteiger partial charge in [-0.1, -0.05) is 18.2 Å². The summed E-state index contributed by atoms with van der Waals surface area (Å²) in [7, 11) is 1.82. The average molecular weight is 205 g/mol. The van der Waals surface area contributed by atoms with E-state index in [4.69, 9.17) is 4.74 Å². The molecule has 15 heavy (non-hydrogen) atoms. The van der Waals surface area contributed by atoms with E-state index in [1.54, 1.807) is 6.07 Å². The summed E-state index contributed by atoms with van der Waals surface area (Å²) in [5.74, 6) is -0.236. The number of ether oxygens (including phenoxy) is 1. The fraction of sp³-hybridized carbons (Fsp3) is 0.417. The van der Waals surface area contributed by atoms with E-state index in [2.05, 4.69) is 5.32 Å². The molecule has 0 amide bonds. The van der Waals surface area contributed by atoms with Crippen molar-refractivity contribution in [1.82, 2.24) is 5.32 Å². The minimum atomic E-state index is -0.390. The van der Waals surface area contributed by atoms with Crippen LogP contribution in [-0.2, 0) is 4.74 Å². The van der Waals surface area contributed by atoms with Gasteiger partial charge in [0.25, 0.3) is 0 Å². The number of esters is 1. The van der Waals surface area contributed by atoms with Crippen LogP contribution in [0.5, 0.6) is 0 Å². The molecule has 0 bridgehead atoms. The van der Waals surface area contributed by atoms with E-state index >= 15 is 0 Å². The molecule has 3 nitrogen and oxygen atoms in total. The van der Waals surface area contributed by atoms with Crippen LogP contribution in [0.3, 0.4) is 0 Å². The van der Waals surface area contributed by atoms with E-state index in [1.165, 1.54) is 0 Å². The smallest absolute Gasteiger partial charge is 0.340 e. The minimum Gasteiger partial charge on any atom is -0.440 e. The molecule has 0 saturated heterocycles. The van der Waals surface area contributed by atoms with Crippen LogP contribution in [-0.4, -0.2) is 18.7 Å². The van der Waals surface area contributed by atoms with E-state index < -0.39 is 0 Å². The van der Waals surface area contributed by atoms with Crippen LogP contribution in [0.2, 0.25) is 0 Å². The van der Waals surface area contributed by atoms with Crippen molar-refractivity contribution in [2.75, 3.05) is 7.05 Å². The van der Waals surface area contributed by atoms with E-state index in [0.29, 0.717) is 5.56 Å². The molecule has 0 radical (unpaired) electrons. The second kappa shape index (κ2) is 3.66. The summed E-state index contributed by atoms with van der Waals surface area (Å²) in [5.41, 5.74) is 1.22. The van der Waals surface area contributed by atoms with Crippen LogP contribution in [0.15, 0.2) is 24.3 Å². The molecule has 1 saturated carbocycles. The summed E-state index contributed by atoms with van der Waals surface area (Å²) in [6, 6.07) is 7.47. The van der Waals surface area contributed by atoms with Crippen LogP contribution in [0.4, 0.5) is 0 Å². The highest BCUT2D eigenvalue weighted by Gasteiger charge is 2.45. The van der Waals surface area contributed by atoms with E-state index in [0.717, 1.165) is 18.4 Å². The Hall–Kier alpha value is -1.35. The molecule has 0 atom stereocenters. The Morgan fingerprint density at radius 1 is 1.40 bits per heavy atom. The topological polar surface area (TPSA) is 38.3 Å². The molecule has 1 aromatic rings. The largest absolute Gasteiger partial charge is 0.440 e. The van der Waals surface area contributed by atoms with Gasteiger partial charge >= 0.3 is 5.97 Å². The molecule has 0 heterocycles. The van der Waals surface area contributed by atoms with Gasteiger partial charge in [-0.3, -0.25) is 5.32 Å². The Kier molecular flexibility index (Phi) is 2.49. The number of rotatable bonds is 3. The highest BCUT2D eigenvalue weighted by molar-refractivity contribution is 5.91. The molecule has 1 aliphatic carbocycles. The summed E-state index contributed by atoms with van der Waals surface area (Å²) in [5, 5.41) is 3.03. The third-order valence-corrected chi connectivity index (χ3v) is 2.81. The zero-order valence-electron chi connectivity index (χ0n) is 9.04. The first-order valence-corrected chi connectivity index (χ1v) is 5.15. The second-order valence-corrected chi connectivity index (χ2v) is 3.95. The summed E-state index contributed by atoms with van der Waals surface area (Å²) < 4.78 is 5.41. The molecule has 0 unspecified atom stereocenters. The lowest BCUT2D eigenvalue weighted by Gasteiger charge is -2.16. The van der Waals surface area contributed by atoms with Crippen LogP contribution in [0.1, 0.15) is 28.8 Å². The summed E-state index contributed by atoms with van der Waals surface area (Å²) in [6.45, 7) is 1.91. The first kappa shape index (κ1) is 10.2. The summed E-state index contributed by atoms with van der Waals surface area (Å²) >= 11 is 0. The standard InChI is InChI=1S/C12H15NO2/c1-9-5-3-4-6-10(9)11(14)15-12(13-2)7-8-12/h3-6,13H,7-8H2,1-2H3. The Bertz CT molecular complexity index is 383. The average Bonchev–Trinajstić information content (AvgIpc) is 2.99. The molecule has 0 aliphatic heterocycles. The Balaban J connectivity index is 2.12. The predicted molar refractivity (Wildman–Crippen MR) is 57.6 cm³/mol. The predicted octanol–water partition coefficient (Wildman–Crippen LogP) is 1.86. The number of carbonyl (C=O) groups excluding carboxylic acids is 1. The van der Waals surface area contributed by atoms with Gasteiger partial charge in [-0.05, 0) is 25.6 Å². The molecule has 1 N–H and O–H groups in total. The fourth-order valence-electron chi connectivity index (χ4n) is 1.55. The summed E-state index contributed by atoms with van der Waals surface area (Å²) in [4.78, 5) is 11.8. The van der Waals surface area contributed by atoms with Gasteiger partial charge < -0.3 is 4.74 Å². The first-order chi connectivity index (χ1) is 7.17. The Morgan fingerprint density at radius 3 is 2.60 bits per heavy atom. The van der Waals surface area contributed by atoms with E-state index in [9.17, 15) is 4.79 Å². The molecule has 1 aromatic carbocycles. The van der Waals surface area contributed by atoms with Gasteiger partial charge in [-0.25, -0.2) is 4.79 Å². The third-order valence-electron chi connectivity index (χ3n) is 2.81. The van der Waals surface area contributed by atoms with Crippen LogP contribution in [0, 0.1) is 6.92 Å². The molecular weight excluding hydrogens is 190 g/mol. The molecule has 3 heteroatoms. The van der Waals surface area contributed by atoms with E-state index in [1.807, 2.05) is 32.2 Å². The fourth-order valence-corrected chi connectivity index (χ4v) is 1.55. The zero-order valence-corrected chi connectivity index (χ0v) is 9.04. The number of hydrogen-bond donors (Lipinski definition) is 1. The van der Waals surface area contributed by atoms with Crippen molar-refractivity contribution in [2.45, 2.75) is 25.5 Å². The Labute approximate surface area is 89.4 Å². The number of aryl methyl sites for hydroxylation is 1. The normalized spacial score (nSPS) is 17.2. The van der Waals surface area contributed by atoms with Crippen LogP contribution in [0.25, 0.3) is 0 Å². The minimum absolute atomic E-state index is 0.236. The highest BCUT2D eigenvalue weighted by Crippen LogP contribution is 2.36. The first-order valence-electron chi connectivity index (χ1n) is 5.15. The van der Waals surface area contributed by atoms with Gasteiger partial charge in [-0.2, -0.15) is 0 Å². The quantitative estimate of drug-likeness (QED) is 0.604. The summed E-state index contributed by atoms with van der Waals surface area (Å²) in [6.07, 6.45) is 1.81. The monoisotopic (exact) mass is 205 g/mol. The Morgan fingerprint density at radius 2 is 2.07 bits per heavy atom. The van der Waals surface area contributed by atoms with Gasteiger partial charge in [0.15, 0.2) is 5.72 Å². The van der Waals surface area contributed by atoms with Crippen molar-refractivity contribution in [3.05, 3.63) is 35.4 Å². The maximum absolute atomic E-state index is 11.8. The molecule has 0 aromatic heterocycles. The van der Waals surface area contributed by atoms with Crippen molar-refractivity contribution < 1.29 is 9.53 Å². The number of carbonyl (C=O) groups is 1. The number of nitrogens with one attached hydrogen (secondary N) is 1. The van der Waals surface area contributed by atoms with Crippen LogP contribution < -0.4 is 5.32 Å². The number of hydrogen-bond acceptors (Lipinski definition) is 3. The van der Waals surface area contributed by atoms with Gasteiger partial charge in [0.1, 0.15) is 0 Å². The van der Waals surface area contributed by atoms with Gasteiger partial charge in [0.05, 0.1) is 5.56 Å². The number of benzene rings is 1. The lowest BCUT2D eigenvalue weighted by molar-refractivity contribution is 0.0145. The van der Waals surface area contributed by atoms with E-state index in [-0.39, 0.29) is 11.7 Å².